The number of likely N-dealkylation sites (tertiary alicyclic amines) is 1. The number of ether oxygens (including phenoxy) is 1. The van der Waals surface area contributed by atoms with Crippen LogP contribution in [-0.2, 0) is 6.42 Å². The van der Waals surface area contributed by atoms with E-state index in [1.54, 1.807) is 0 Å². The van der Waals surface area contributed by atoms with Crippen LogP contribution in [-0.4, -0.2) is 36.1 Å². The highest BCUT2D eigenvalue weighted by atomic mass is 32.1. The average Bonchev–Trinajstić information content (AvgIpc) is 3.07. The molecular formula is C20H28N2OS. The minimum Gasteiger partial charge on any atom is -0.490 e. The van der Waals surface area contributed by atoms with E-state index in [-0.39, 0.29) is 0 Å². The van der Waals surface area contributed by atoms with E-state index in [9.17, 15) is 0 Å². The summed E-state index contributed by atoms with van der Waals surface area (Å²) in [6.07, 6.45) is 11.5. The van der Waals surface area contributed by atoms with Crippen molar-refractivity contribution in [3.05, 3.63) is 35.5 Å². The lowest BCUT2D eigenvalue weighted by Gasteiger charge is -2.37. The molecule has 1 aliphatic rings. The normalized spacial score (nSPS) is 17.7. The molecule has 0 unspecified atom stereocenters. The highest BCUT2D eigenvalue weighted by Crippen LogP contribution is 2.30. The molecule has 0 spiro atoms. The van der Waals surface area contributed by atoms with Gasteiger partial charge in [0.1, 0.15) is 12.4 Å². The van der Waals surface area contributed by atoms with Gasteiger partial charge in [-0.1, -0.05) is 26.2 Å². The molecular weight excluding hydrogens is 316 g/mol. The van der Waals surface area contributed by atoms with E-state index in [2.05, 4.69) is 42.1 Å². The van der Waals surface area contributed by atoms with E-state index in [4.69, 9.17) is 4.74 Å². The topological polar surface area (TPSA) is 25.4 Å². The first-order valence-electron chi connectivity index (χ1n) is 9.13. The lowest BCUT2D eigenvalue weighted by atomic mass is 10.1. The van der Waals surface area contributed by atoms with Crippen LogP contribution in [0.5, 0.6) is 5.75 Å². The Morgan fingerprint density at radius 2 is 2.17 bits per heavy atom. The standard InChI is InChI=1S/C20H28N2OS/c1-3-4-5-6-7-19-8-9-20(24-19)16-12-18(14-21-13-16)23-15-17-10-11-22(17)2/h8-9,12-14,17H,3-7,10-11,15H2,1-2H3/t17-/m0/s1. The zero-order chi connectivity index (χ0) is 16.8. The summed E-state index contributed by atoms with van der Waals surface area (Å²) < 4.78 is 5.94. The Balaban J connectivity index is 1.56. The van der Waals surface area contributed by atoms with Crippen LogP contribution in [0.1, 0.15) is 43.9 Å². The fraction of sp³-hybridized carbons (Fsp3) is 0.550. The molecule has 3 rings (SSSR count). The van der Waals surface area contributed by atoms with E-state index >= 15 is 0 Å². The minimum atomic E-state index is 0.560. The smallest absolute Gasteiger partial charge is 0.138 e. The van der Waals surface area contributed by atoms with Crippen LogP contribution in [0.2, 0.25) is 0 Å². The molecule has 0 radical (unpaired) electrons. The second-order valence-corrected chi connectivity index (χ2v) is 7.89. The Morgan fingerprint density at radius 3 is 2.92 bits per heavy atom. The Kier molecular flexibility index (Phi) is 6.27. The first-order chi connectivity index (χ1) is 11.8. The number of rotatable bonds is 9. The van der Waals surface area contributed by atoms with Gasteiger partial charge in [0.05, 0.1) is 6.20 Å². The molecule has 1 aliphatic heterocycles. The number of aromatic nitrogens is 1. The van der Waals surface area contributed by atoms with E-state index in [1.807, 2.05) is 23.7 Å². The number of aryl methyl sites for hydroxylation is 1. The Morgan fingerprint density at radius 1 is 1.25 bits per heavy atom. The highest BCUT2D eigenvalue weighted by molar-refractivity contribution is 7.15. The van der Waals surface area contributed by atoms with Gasteiger partial charge in [-0.15, -0.1) is 11.3 Å². The summed E-state index contributed by atoms with van der Waals surface area (Å²) in [4.78, 5) is 9.47. The molecule has 0 saturated carbocycles. The summed E-state index contributed by atoms with van der Waals surface area (Å²) in [6.45, 7) is 4.20. The molecule has 0 bridgehead atoms. The summed E-state index contributed by atoms with van der Waals surface area (Å²) >= 11 is 1.89. The molecule has 130 valence electrons. The number of hydrogen-bond acceptors (Lipinski definition) is 4. The number of nitrogens with zero attached hydrogens (tertiary/aromatic N) is 2. The lowest BCUT2D eigenvalue weighted by Crippen LogP contribution is -2.48. The molecule has 2 aromatic heterocycles. The van der Waals surface area contributed by atoms with Gasteiger partial charge in [-0.05, 0) is 51.1 Å². The number of unbranched alkanes of at least 4 members (excludes halogenated alkanes) is 3. The summed E-state index contributed by atoms with van der Waals surface area (Å²) in [7, 11) is 2.15. The quantitative estimate of drug-likeness (QED) is 0.598. The van der Waals surface area contributed by atoms with Crippen molar-refractivity contribution < 1.29 is 4.74 Å². The summed E-state index contributed by atoms with van der Waals surface area (Å²) in [6, 6.07) is 7.17. The Labute approximate surface area is 149 Å². The van der Waals surface area contributed by atoms with Gasteiger partial charge >= 0.3 is 0 Å². The molecule has 0 N–H and O–H groups in total. The molecule has 3 nitrogen and oxygen atoms in total. The predicted molar refractivity (Wildman–Crippen MR) is 102 cm³/mol. The molecule has 3 heterocycles. The van der Waals surface area contributed by atoms with Crippen LogP contribution in [0.3, 0.4) is 0 Å². The monoisotopic (exact) mass is 344 g/mol. The molecule has 0 aromatic carbocycles. The van der Waals surface area contributed by atoms with E-state index < -0.39 is 0 Å². The van der Waals surface area contributed by atoms with Crippen LogP contribution in [0.4, 0.5) is 0 Å². The van der Waals surface area contributed by atoms with Gasteiger partial charge < -0.3 is 4.74 Å². The maximum atomic E-state index is 5.94. The molecule has 1 fully saturated rings. The van der Waals surface area contributed by atoms with Gasteiger partial charge in [0, 0.05) is 27.6 Å². The van der Waals surface area contributed by atoms with Crippen molar-refractivity contribution >= 4 is 11.3 Å². The molecule has 24 heavy (non-hydrogen) atoms. The number of thiophene rings is 1. The first kappa shape index (κ1) is 17.4. The second-order valence-electron chi connectivity index (χ2n) is 6.72. The zero-order valence-corrected chi connectivity index (χ0v) is 15.6. The van der Waals surface area contributed by atoms with Gasteiger partial charge in [-0.3, -0.25) is 9.88 Å². The SMILES string of the molecule is CCCCCCc1ccc(-c2cncc(OC[C@@H]3CCN3C)c2)s1. The molecule has 4 heteroatoms. The highest BCUT2D eigenvalue weighted by Gasteiger charge is 2.24. The maximum absolute atomic E-state index is 5.94. The fourth-order valence-electron chi connectivity index (χ4n) is 3.00. The summed E-state index contributed by atoms with van der Waals surface area (Å²) in [5.41, 5.74) is 1.17. The van der Waals surface area contributed by atoms with Crippen molar-refractivity contribution in [2.45, 2.75) is 51.5 Å². The van der Waals surface area contributed by atoms with Crippen molar-refractivity contribution in [1.29, 1.82) is 0 Å². The Hall–Kier alpha value is -1.39. The van der Waals surface area contributed by atoms with Gasteiger partial charge in [0.25, 0.3) is 0 Å². The summed E-state index contributed by atoms with van der Waals surface area (Å²) in [5.74, 6) is 0.880. The summed E-state index contributed by atoms with van der Waals surface area (Å²) in [5, 5.41) is 0. The van der Waals surface area contributed by atoms with Gasteiger partial charge in [-0.2, -0.15) is 0 Å². The molecule has 0 aliphatic carbocycles. The van der Waals surface area contributed by atoms with E-state index in [1.165, 1.54) is 60.4 Å². The average molecular weight is 345 g/mol. The second kappa shape index (κ2) is 8.63. The van der Waals surface area contributed by atoms with Crippen molar-refractivity contribution in [1.82, 2.24) is 9.88 Å². The van der Waals surface area contributed by atoms with Gasteiger partial charge in [0.15, 0.2) is 0 Å². The predicted octanol–water partition coefficient (Wildman–Crippen LogP) is 5.02. The van der Waals surface area contributed by atoms with Gasteiger partial charge in [-0.25, -0.2) is 0 Å². The fourth-order valence-corrected chi connectivity index (χ4v) is 4.03. The van der Waals surface area contributed by atoms with Crippen LogP contribution >= 0.6 is 11.3 Å². The first-order valence-corrected chi connectivity index (χ1v) is 9.95. The van der Waals surface area contributed by atoms with E-state index in [0.29, 0.717) is 6.04 Å². The van der Waals surface area contributed by atoms with Crippen molar-refractivity contribution in [2.24, 2.45) is 0 Å². The third-order valence-electron chi connectivity index (χ3n) is 4.82. The number of hydrogen-bond donors (Lipinski definition) is 0. The van der Waals surface area contributed by atoms with Crippen LogP contribution in [0.25, 0.3) is 10.4 Å². The van der Waals surface area contributed by atoms with Crippen LogP contribution in [0.15, 0.2) is 30.6 Å². The third kappa shape index (κ3) is 4.58. The number of pyridine rings is 1. The Bertz CT molecular complexity index is 640. The lowest BCUT2D eigenvalue weighted by molar-refractivity contribution is 0.0768. The van der Waals surface area contributed by atoms with Gasteiger partial charge in [0.2, 0.25) is 0 Å². The third-order valence-corrected chi connectivity index (χ3v) is 6.01. The number of likely N-dealkylation sites (N-methyl/N-ethyl adjacent to an activating group) is 1. The van der Waals surface area contributed by atoms with E-state index in [0.717, 1.165) is 12.4 Å². The minimum absolute atomic E-state index is 0.560. The van der Waals surface area contributed by atoms with Crippen molar-refractivity contribution in [2.75, 3.05) is 20.2 Å². The van der Waals surface area contributed by atoms with Crippen LogP contribution < -0.4 is 4.74 Å². The largest absolute Gasteiger partial charge is 0.490 e. The molecule has 2 aromatic rings. The molecule has 0 amide bonds. The van der Waals surface area contributed by atoms with Crippen LogP contribution in [0, 0.1) is 0 Å². The van der Waals surface area contributed by atoms with Crippen molar-refractivity contribution in [3.8, 4) is 16.2 Å². The maximum Gasteiger partial charge on any atom is 0.138 e. The molecule has 1 saturated heterocycles. The van der Waals surface area contributed by atoms with Crippen molar-refractivity contribution in [3.63, 3.8) is 0 Å². The zero-order valence-electron chi connectivity index (χ0n) is 14.8. The molecule has 1 atom stereocenters.